The Kier molecular flexibility index (Phi) is 5.51. The molecule has 0 fully saturated rings. The molecule has 2 N–H and O–H groups in total. The summed E-state index contributed by atoms with van der Waals surface area (Å²) in [4.78, 5) is 10.4. The quantitative estimate of drug-likeness (QED) is 0.747. The van der Waals surface area contributed by atoms with Gasteiger partial charge in [0, 0.05) is 10.2 Å². The summed E-state index contributed by atoms with van der Waals surface area (Å²) in [6.07, 6.45) is 0. The summed E-state index contributed by atoms with van der Waals surface area (Å²) in [5.74, 6) is -1.07. The first-order valence-corrected chi connectivity index (χ1v) is 8.86. The summed E-state index contributed by atoms with van der Waals surface area (Å²) in [5, 5.41) is 8.56. The largest absolute Gasteiger partial charge is 0.480 e. The van der Waals surface area contributed by atoms with Gasteiger partial charge in [-0.25, -0.2) is 13.2 Å². The maximum absolute atomic E-state index is 12.3. The van der Waals surface area contributed by atoms with Crippen molar-refractivity contribution >= 4 is 49.2 Å². The van der Waals surface area contributed by atoms with Crippen LogP contribution in [0.3, 0.4) is 0 Å². The van der Waals surface area contributed by atoms with Gasteiger partial charge in [0.25, 0.3) is 10.0 Å². The molecule has 0 unspecified atom stereocenters. The van der Waals surface area contributed by atoms with Gasteiger partial charge in [0.2, 0.25) is 0 Å². The molecule has 0 aromatic heterocycles. The number of hydrogen-bond donors (Lipinski definition) is 2. The van der Waals surface area contributed by atoms with E-state index in [1.165, 1.54) is 18.2 Å². The Balaban J connectivity index is 2.23. The van der Waals surface area contributed by atoms with Crippen LogP contribution in [0.25, 0.3) is 0 Å². The van der Waals surface area contributed by atoms with Crippen molar-refractivity contribution in [3.8, 4) is 5.75 Å². The summed E-state index contributed by atoms with van der Waals surface area (Å²) in [5.41, 5.74) is 0.390. The molecule has 0 saturated heterocycles. The van der Waals surface area contributed by atoms with Crippen molar-refractivity contribution in [3.05, 3.63) is 52.0 Å². The summed E-state index contributed by atoms with van der Waals surface area (Å²) < 4.78 is 32.7. The fourth-order valence-corrected chi connectivity index (χ4v) is 3.45. The van der Waals surface area contributed by atoms with Crippen LogP contribution in [0.2, 0.25) is 5.02 Å². The van der Waals surface area contributed by atoms with Gasteiger partial charge in [-0.05, 0) is 36.4 Å². The number of ether oxygens (including phenoxy) is 1. The molecule has 0 heterocycles. The third-order valence-electron chi connectivity index (χ3n) is 2.64. The second-order valence-corrected chi connectivity index (χ2v) is 7.40. The lowest BCUT2D eigenvalue weighted by atomic mass is 10.3. The second kappa shape index (κ2) is 7.20. The maximum Gasteiger partial charge on any atom is 0.341 e. The molecular formula is C14H11BrClNO5S. The van der Waals surface area contributed by atoms with Gasteiger partial charge in [-0.3, -0.25) is 4.72 Å². The van der Waals surface area contributed by atoms with Gasteiger partial charge in [-0.1, -0.05) is 33.6 Å². The van der Waals surface area contributed by atoms with E-state index >= 15 is 0 Å². The highest BCUT2D eigenvalue weighted by Crippen LogP contribution is 2.28. The zero-order valence-electron chi connectivity index (χ0n) is 11.5. The van der Waals surface area contributed by atoms with E-state index in [-0.39, 0.29) is 15.7 Å². The van der Waals surface area contributed by atoms with Crippen LogP contribution >= 0.6 is 27.5 Å². The van der Waals surface area contributed by atoms with Gasteiger partial charge in [-0.2, -0.15) is 0 Å². The minimum absolute atomic E-state index is 0.00312. The van der Waals surface area contributed by atoms with Crippen LogP contribution in [0, 0.1) is 0 Å². The summed E-state index contributed by atoms with van der Waals surface area (Å²) in [6.45, 7) is -0.567. The molecule has 2 rings (SSSR count). The normalized spacial score (nSPS) is 11.0. The van der Waals surface area contributed by atoms with E-state index in [0.29, 0.717) is 5.69 Å². The van der Waals surface area contributed by atoms with Crippen molar-refractivity contribution in [1.82, 2.24) is 0 Å². The number of nitrogens with one attached hydrogen (secondary N) is 1. The van der Waals surface area contributed by atoms with Crippen molar-refractivity contribution in [1.29, 1.82) is 0 Å². The molecule has 2 aromatic rings. The van der Waals surface area contributed by atoms with Gasteiger partial charge in [0.1, 0.15) is 5.75 Å². The smallest absolute Gasteiger partial charge is 0.341 e. The molecular weight excluding hydrogens is 410 g/mol. The summed E-state index contributed by atoms with van der Waals surface area (Å²) in [6, 6.07) is 10.5. The average Bonchev–Trinajstić information content (AvgIpc) is 2.45. The molecule has 0 atom stereocenters. The number of sulfonamides is 1. The maximum atomic E-state index is 12.3. The van der Waals surface area contributed by atoms with Crippen LogP contribution in [0.15, 0.2) is 51.8 Å². The van der Waals surface area contributed by atoms with Gasteiger partial charge in [0.05, 0.1) is 9.92 Å². The van der Waals surface area contributed by atoms with Crippen LogP contribution < -0.4 is 9.46 Å². The SMILES string of the molecule is O=C(O)COc1ccc(S(=O)(=O)Nc2cccc(Br)c2)cc1Cl. The molecule has 0 radical (unpaired) electrons. The Bertz CT molecular complexity index is 841. The number of aliphatic carboxylic acids is 1. The lowest BCUT2D eigenvalue weighted by Crippen LogP contribution is -2.13. The monoisotopic (exact) mass is 419 g/mol. The number of rotatable bonds is 6. The van der Waals surface area contributed by atoms with E-state index in [1.54, 1.807) is 24.3 Å². The molecule has 0 aliphatic rings. The van der Waals surface area contributed by atoms with E-state index in [1.807, 2.05) is 0 Å². The van der Waals surface area contributed by atoms with Crippen LogP contribution in [0.1, 0.15) is 0 Å². The lowest BCUT2D eigenvalue weighted by molar-refractivity contribution is -0.139. The van der Waals surface area contributed by atoms with Crippen LogP contribution in [0.4, 0.5) is 5.69 Å². The Morgan fingerprint density at radius 2 is 2.00 bits per heavy atom. The topological polar surface area (TPSA) is 92.7 Å². The Labute approximate surface area is 146 Å². The molecule has 0 aliphatic carbocycles. The molecule has 0 amide bonds. The highest BCUT2D eigenvalue weighted by atomic mass is 79.9. The van der Waals surface area contributed by atoms with Gasteiger partial charge >= 0.3 is 5.97 Å². The number of hydrogen-bond acceptors (Lipinski definition) is 4. The molecule has 0 aliphatic heterocycles. The molecule has 0 saturated carbocycles. The Hall–Kier alpha value is -1.77. The third-order valence-corrected chi connectivity index (χ3v) is 4.81. The second-order valence-electron chi connectivity index (χ2n) is 4.39. The van der Waals surface area contributed by atoms with Gasteiger partial charge in [0.15, 0.2) is 6.61 Å². The van der Waals surface area contributed by atoms with E-state index in [2.05, 4.69) is 20.7 Å². The minimum atomic E-state index is -3.83. The third kappa shape index (κ3) is 4.85. The van der Waals surface area contributed by atoms with Crippen LogP contribution in [-0.4, -0.2) is 26.1 Å². The molecule has 0 spiro atoms. The highest BCUT2D eigenvalue weighted by Gasteiger charge is 2.17. The molecule has 23 heavy (non-hydrogen) atoms. The zero-order valence-corrected chi connectivity index (χ0v) is 14.7. The average molecular weight is 421 g/mol. The molecule has 2 aromatic carbocycles. The van der Waals surface area contributed by atoms with Gasteiger partial charge in [-0.15, -0.1) is 0 Å². The highest BCUT2D eigenvalue weighted by molar-refractivity contribution is 9.10. The molecule has 0 bridgehead atoms. The molecule has 6 nitrogen and oxygen atoms in total. The lowest BCUT2D eigenvalue weighted by Gasteiger charge is -2.10. The summed E-state index contributed by atoms with van der Waals surface area (Å²) in [7, 11) is -3.83. The van der Waals surface area contributed by atoms with Crippen LogP contribution in [0.5, 0.6) is 5.75 Å². The number of carboxylic acids is 1. The number of carbonyl (C=O) groups is 1. The first-order chi connectivity index (χ1) is 10.8. The van der Waals surface area contributed by atoms with Crippen molar-refractivity contribution in [2.24, 2.45) is 0 Å². The van der Waals surface area contributed by atoms with Gasteiger partial charge < -0.3 is 9.84 Å². The zero-order chi connectivity index (χ0) is 17.0. The Morgan fingerprint density at radius 1 is 1.26 bits per heavy atom. The fraction of sp³-hybridized carbons (Fsp3) is 0.0714. The predicted molar refractivity (Wildman–Crippen MR) is 89.5 cm³/mol. The standard InChI is InChI=1S/C14H11BrClNO5S/c15-9-2-1-3-10(6-9)17-23(20,21)11-4-5-13(12(16)7-11)22-8-14(18)19/h1-7,17H,8H2,(H,18,19). The number of anilines is 1. The molecule has 9 heteroatoms. The predicted octanol–water partition coefficient (Wildman–Crippen LogP) is 3.37. The Morgan fingerprint density at radius 3 is 2.61 bits per heavy atom. The first kappa shape index (κ1) is 17.6. The van der Waals surface area contributed by atoms with E-state index < -0.39 is 22.6 Å². The minimum Gasteiger partial charge on any atom is -0.480 e. The molecule has 122 valence electrons. The van der Waals surface area contributed by atoms with E-state index in [9.17, 15) is 13.2 Å². The van der Waals surface area contributed by atoms with Crippen molar-refractivity contribution in [2.75, 3.05) is 11.3 Å². The summed E-state index contributed by atoms with van der Waals surface area (Å²) >= 11 is 9.19. The number of halogens is 2. The van der Waals surface area contributed by atoms with E-state index in [4.69, 9.17) is 21.4 Å². The number of carboxylic acid groups (broad SMARTS) is 1. The van der Waals surface area contributed by atoms with Crippen LogP contribution in [-0.2, 0) is 14.8 Å². The van der Waals surface area contributed by atoms with Crippen molar-refractivity contribution in [2.45, 2.75) is 4.90 Å². The fourth-order valence-electron chi connectivity index (χ4n) is 1.67. The van der Waals surface area contributed by atoms with Crippen molar-refractivity contribution in [3.63, 3.8) is 0 Å². The van der Waals surface area contributed by atoms with E-state index in [0.717, 1.165) is 4.47 Å². The van der Waals surface area contributed by atoms with Crippen molar-refractivity contribution < 1.29 is 23.1 Å². The first-order valence-electron chi connectivity index (χ1n) is 6.20. The number of benzene rings is 2.